The lowest BCUT2D eigenvalue weighted by Gasteiger charge is -2.18. The Morgan fingerprint density at radius 1 is 0.218 bits per heavy atom. The molecule has 0 aliphatic heterocycles. The number of aromatic nitrogens is 8. The van der Waals surface area contributed by atoms with E-state index in [0.717, 1.165) is 157 Å². The van der Waals surface area contributed by atoms with E-state index >= 15 is 0 Å². The smallest absolute Gasteiger partial charge is 0.0708 e. The average Bonchev–Trinajstić information content (AvgIpc) is 1.51. The van der Waals surface area contributed by atoms with Crippen LogP contribution in [-0.2, 0) is 6.42 Å². The molecule has 0 radical (unpaired) electrons. The second kappa shape index (κ2) is 24.0. The van der Waals surface area contributed by atoms with Crippen molar-refractivity contribution in [1.29, 1.82) is 0 Å². The molecule has 0 fully saturated rings. The van der Waals surface area contributed by atoms with Gasteiger partial charge in [0.05, 0.1) is 34.2 Å². The molecule has 14 aromatic rings. The predicted molar refractivity (Wildman–Crippen MR) is 353 cm³/mol. The minimum Gasteiger partial charge on any atom is -0.264 e. The van der Waals surface area contributed by atoms with E-state index in [1.165, 1.54) is 0 Å². The molecule has 0 unspecified atom stereocenters. The third-order valence-electron chi connectivity index (χ3n) is 16.0. The van der Waals surface area contributed by atoms with Crippen LogP contribution < -0.4 is 0 Å². The van der Waals surface area contributed by atoms with Crippen molar-refractivity contribution in [3.63, 3.8) is 0 Å². The van der Waals surface area contributed by atoms with Crippen LogP contribution in [0, 0.1) is 13.8 Å². The maximum absolute atomic E-state index is 4.98. The SMILES string of the molecule is Cc1ccc(-c2ccc(-c3cc(-c4ccc(-c5ccc(Cc6ccc(-c7ccc(-c8cc(-c9ccc(-c%10ccc(C)cn%10)cc9)c(-c9ccccn9)cc8-c8ccccn8)cc7)nc6)cn5)cc4)c(-c4cccnc4)cc3-c3cccnc3)cc2)nc1. The van der Waals surface area contributed by atoms with Crippen molar-refractivity contribution >= 4 is 0 Å². The topological polar surface area (TPSA) is 103 Å². The molecule has 0 bridgehead atoms. The van der Waals surface area contributed by atoms with E-state index in [-0.39, 0.29) is 0 Å². The highest BCUT2D eigenvalue weighted by molar-refractivity contribution is 5.97. The van der Waals surface area contributed by atoms with Crippen LogP contribution >= 0.6 is 0 Å². The molecule has 0 saturated carbocycles. The van der Waals surface area contributed by atoms with E-state index < -0.39 is 0 Å². The van der Waals surface area contributed by atoms with Crippen molar-refractivity contribution in [1.82, 2.24) is 39.9 Å². The molecule has 6 aromatic carbocycles. The molecular formula is C79H56N8. The van der Waals surface area contributed by atoms with Gasteiger partial charge in [0.2, 0.25) is 0 Å². The highest BCUT2D eigenvalue weighted by Crippen LogP contribution is 2.44. The molecular weight excluding hydrogens is 1060 g/mol. The van der Waals surface area contributed by atoms with Crippen LogP contribution in [0.2, 0.25) is 0 Å². The van der Waals surface area contributed by atoms with Gasteiger partial charge in [0, 0.05) is 113 Å². The van der Waals surface area contributed by atoms with Crippen molar-refractivity contribution in [3.05, 3.63) is 315 Å². The molecule has 0 aliphatic carbocycles. The summed E-state index contributed by atoms with van der Waals surface area (Å²) in [4.78, 5) is 38.1. The summed E-state index contributed by atoms with van der Waals surface area (Å²) in [7, 11) is 0. The van der Waals surface area contributed by atoms with Crippen LogP contribution in [0.3, 0.4) is 0 Å². The number of nitrogens with zero attached hydrogens (tertiary/aromatic N) is 8. The minimum atomic E-state index is 0.706. The summed E-state index contributed by atoms with van der Waals surface area (Å²) < 4.78 is 0. The van der Waals surface area contributed by atoms with E-state index in [1.54, 1.807) is 0 Å². The number of aryl methyl sites for hydroxylation is 2. The van der Waals surface area contributed by atoms with Gasteiger partial charge in [-0.15, -0.1) is 0 Å². The molecule has 0 saturated heterocycles. The maximum Gasteiger partial charge on any atom is 0.0708 e. The standard InChI is InChI=1S/C79H56N8/c1-52-13-33-74(84-46-52)60-25-17-56(18-26-60)66-42-67(71(65-10-8-38-81-51-65)44-70(66)64-9-7-37-80-50-64)57-19-27-62(28-20-57)76-35-15-54(48-86-76)41-55-16-36-77(87-49-55)63-31-23-59(24-32-63)69-43-68(58-21-29-61(30-22-58)75-34-14-53(2)47-85-75)72(78-11-3-5-39-82-78)45-73(69)79-12-4-6-40-83-79/h3-40,42-51H,41H2,1-2H3. The summed E-state index contributed by atoms with van der Waals surface area (Å²) in [5.41, 5.74) is 29.2. The first-order valence-electron chi connectivity index (χ1n) is 29.1. The van der Waals surface area contributed by atoms with E-state index in [2.05, 4.69) is 228 Å². The summed E-state index contributed by atoms with van der Waals surface area (Å²) in [5, 5.41) is 0. The second-order valence-electron chi connectivity index (χ2n) is 21.8. The van der Waals surface area contributed by atoms with E-state index in [9.17, 15) is 0 Å². The van der Waals surface area contributed by atoms with E-state index in [4.69, 9.17) is 19.9 Å². The van der Waals surface area contributed by atoms with Crippen LogP contribution in [0.4, 0.5) is 0 Å². The Bertz CT molecular complexity index is 4360. The van der Waals surface area contributed by atoms with Gasteiger partial charge in [0.1, 0.15) is 0 Å². The number of pyridine rings is 8. The predicted octanol–water partition coefficient (Wildman–Crippen LogP) is 19.1. The Morgan fingerprint density at radius 3 is 0.839 bits per heavy atom. The molecule has 8 heteroatoms. The van der Waals surface area contributed by atoms with Gasteiger partial charge in [-0.2, -0.15) is 0 Å². The second-order valence-corrected chi connectivity index (χ2v) is 21.8. The quantitative estimate of drug-likeness (QED) is 0.106. The van der Waals surface area contributed by atoms with E-state index in [1.807, 2.05) is 98.4 Å². The number of hydrogen-bond acceptors (Lipinski definition) is 8. The lowest BCUT2D eigenvalue weighted by Crippen LogP contribution is -1.95. The van der Waals surface area contributed by atoms with Crippen molar-refractivity contribution in [2.24, 2.45) is 0 Å². The lowest BCUT2D eigenvalue weighted by atomic mass is 9.86. The third-order valence-corrected chi connectivity index (χ3v) is 16.0. The molecule has 0 atom stereocenters. The Morgan fingerprint density at radius 2 is 0.540 bits per heavy atom. The average molecular weight is 1120 g/mol. The van der Waals surface area contributed by atoms with Crippen LogP contribution in [-0.4, -0.2) is 39.9 Å². The maximum atomic E-state index is 4.98. The highest BCUT2D eigenvalue weighted by Gasteiger charge is 2.20. The zero-order chi connectivity index (χ0) is 58.5. The van der Waals surface area contributed by atoms with Gasteiger partial charge in [-0.3, -0.25) is 39.9 Å². The highest BCUT2D eigenvalue weighted by atomic mass is 14.7. The van der Waals surface area contributed by atoms with Crippen LogP contribution in [0.1, 0.15) is 22.3 Å². The third kappa shape index (κ3) is 11.5. The zero-order valence-electron chi connectivity index (χ0n) is 48.0. The molecule has 8 heterocycles. The van der Waals surface area contributed by atoms with Gasteiger partial charge in [-0.25, -0.2) is 0 Å². The number of benzene rings is 6. The van der Waals surface area contributed by atoms with Crippen LogP contribution in [0.15, 0.2) is 292 Å². The van der Waals surface area contributed by atoms with E-state index in [0.29, 0.717) is 6.42 Å². The molecule has 412 valence electrons. The summed E-state index contributed by atoms with van der Waals surface area (Å²) in [5.74, 6) is 0. The molecule has 87 heavy (non-hydrogen) atoms. The van der Waals surface area contributed by atoms with Gasteiger partial charge in [-0.1, -0.05) is 146 Å². The van der Waals surface area contributed by atoms with Gasteiger partial charge in [0.25, 0.3) is 0 Å². The fraction of sp³-hybridized carbons (Fsp3) is 0.0380. The molecule has 8 aromatic heterocycles. The van der Waals surface area contributed by atoms with Crippen molar-refractivity contribution < 1.29 is 0 Å². The first kappa shape index (κ1) is 53.5. The Hall–Kier alpha value is -11.5. The van der Waals surface area contributed by atoms with Crippen molar-refractivity contribution in [3.8, 4) is 134 Å². The Kier molecular flexibility index (Phi) is 14.8. The fourth-order valence-corrected chi connectivity index (χ4v) is 11.3. The Labute approximate surface area is 506 Å². The summed E-state index contributed by atoms with van der Waals surface area (Å²) in [6.45, 7) is 4.11. The molecule has 8 nitrogen and oxygen atoms in total. The monoisotopic (exact) mass is 1120 g/mol. The first-order chi connectivity index (χ1) is 42.9. The van der Waals surface area contributed by atoms with Gasteiger partial charge >= 0.3 is 0 Å². The van der Waals surface area contributed by atoms with Crippen molar-refractivity contribution in [2.75, 3.05) is 0 Å². The summed E-state index contributed by atoms with van der Waals surface area (Å²) in [6, 6.07) is 81.1. The van der Waals surface area contributed by atoms with Gasteiger partial charge in [-0.05, 0) is 177 Å². The van der Waals surface area contributed by atoms with Crippen LogP contribution in [0.5, 0.6) is 0 Å². The van der Waals surface area contributed by atoms with Crippen LogP contribution in [0.25, 0.3) is 134 Å². The lowest BCUT2D eigenvalue weighted by molar-refractivity contribution is 1.12. The van der Waals surface area contributed by atoms with Gasteiger partial charge in [0.15, 0.2) is 0 Å². The zero-order valence-corrected chi connectivity index (χ0v) is 48.0. The Balaban J connectivity index is 0.710. The number of rotatable bonds is 14. The summed E-state index contributed by atoms with van der Waals surface area (Å²) >= 11 is 0. The summed E-state index contributed by atoms with van der Waals surface area (Å²) in [6.07, 6.45) is 19.7. The molecule has 0 aliphatic rings. The minimum absolute atomic E-state index is 0.706. The first-order valence-corrected chi connectivity index (χ1v) is 29.1. The molecule has 14 rings (SSSR count). The van der Waals surface area contributed by atoms with Gasteiger partial charge < -0.3 is 0 Å². The molecule has 0 amide bonds. The number of hydrogen-bond donors (Lipinski definition) is 0. The normalized spacial score (nSPS) is 11.1. The largest absolute Gasteiger partial charge is 0.264 e. The molecule has 0 N–H and O–H groups in total. The fourth-order valence-electron chi connectivity index (χ4n) is 11.3. The molecule has 0 spiro atoms. The van der Waals surface area contributed by atoms with Crippen molar-refractivity contribution in [2.45, 2.75) is 20.3 Å².